The third-order valence-corrected chi connectivity index (χ3v) is 2.79. The lowest BCUT2D eigenvalue weighted by Gasteiger charge is -2.10. The van der Waals surface area contributed by atoms with Crippen LogP contribution in [0.3, 0.4) is 0 Å². The number of aliphatic hydroxyl groups is 1. The Balaban J connectivity index is 2.23. The molecule has 2 heteroatoms. The van der Waals surface area contributed by atoms with Crippen molar-refractivity contribution in [3.63, 3.8) is 0 Å². The lowest BCUT2D eigenvalue weighted by Crippen LogP contribution is -2.12. The number of benzene rings is 2. The molecule has 2 nitrogen and oxygen atoms in total. The van der Waals surface area contributed by atoms with Crippen LogP contribution in [0, 0.1) is 0 Å². The highest BCUT2D eigenvalue weighted by molar-refractivity contribution is 5.99. The second-order valence-corrected chi connectivity index (χ2v) is 4.00. The molecule has 0 fully saturated rings. The van der Waals surface area contributed by atoms with Gasteiger partial charge in [0.25, 0.3) is 0 Å². The summed E-state index contributed by atoms with van der Waals surface area (Å²) in [6, 6.07) is 15.9. The number of hydrogen-bond acceptors (Lipinski definition) is 2. The topological polar surface area (TPSA) is 37.3 Å². The molecule has 2 aromatic carbocycles. The van der Waals surface area contributed by atoms with Gasteiger partial charge in [-0.05, 0) is 11.1 Å². The maximum atomic E-state index is 12.1. The molecular formula is C16H14O2. The van der Waals surface area contributed by atoms with Gasteiger partial charge in [-0.3, -0.25) is 4.79 Å². The standard InChI is InChI=1S/C16H14O2/c1-2-12-8-10-14(11-9-12)16(18)15(17)13-6-4-3-5-7-13/h2-11,15,17H,1H2. The molecule has 0 aliphatic carbocycles. The fourth-order valence-electron chi connectivity index (χ4n) is 1.73. The zero-order chi connectivity index (χ0) is 13.0. The summed E-state index contributed by atoms with van der Waals surface area (Å²) in [6.45, 7) is 3.65. The van der Waals surface area contributed by atoms with Crippen molar-refractivity contribution in [2.75, 3.05) is 0 Å². The zero-order valence-corrected chi connectivity index (χ0v) is 9.91. The zero-order valence-electron chi connectivity index (χ0n) is 9.91. The summed E-state index contributed by atoms with van der Waals surface area (Å²) in [5.41, 5.74) is 2.05. The Bertz CT molecular complexity index is 541. The average Bonchev–Trinajstić information content (AvgIpc) is 2.47. The molecule has 0 saturated heterocycles. The lowest BCUT2D eigenvalue weighted by molar-refractivity contribution is 0.0747. The van der Waals surface area contributed by atoms with Gasteiger partial charge >= 0.3 is 0 Å². The molecule has 0 spiro atoms. The van der Waals surface area contributed by atoms with E-state index in [0.29, 0.717) is 11.1 Å². The van der Waals surface area contributed by atoms with Crippen LogP contribution in [0.25, 0.3) is 6.08 Å². The second-order valence-electron chi connectivity index (χ2n) is 4.00. The van der Waals surface area contributed by atoms with Gasteiger partial charge in [0.05, 0.1) is 0 Å². The SMILES string of the molecule is C=Cc1ccc(C(=O)C(O)c2ccccc2)cc1. The highest BCUT2D eigenvalue weighted by atomic mass is 16.3. The van der Waals surface area contributed by atoms with Gasteiger partial charge in [-0.2, -0.15) is 0 Å². The van der Waals surface area contributed by atoms with Crippen molar-refractivity contribution >= 4 is 11.9 Å². The maximum absolute atomic E-state index is 12.1. The lowest BCUT2D eigenvalue weighted by atomic mass is 9.99. The molecule has 0 saturated carbocycles. The highest BCUT2D eigenvalue weighted by Crippen LogP contribution is 2.18. The Labute approximate surface area is 106 Å². The first-order chi connectivity index (χ1) is 8.72. The minimum absolute atomic E-state index is 0.295. The van der Waals surface area contributed by atoms with Gasteiger partial charge < -0.3 is 5.11 Å². The number of hydrogen-bond donors (Lipinski definition) is 1. The van der Waals surface area contributed by atoms with Crippen LogP contribution in [-0.2, 0) is 0 Å². The Hall–Kier alpha value is -2.19. The molecule has 90 valence electrons. The van der Waals surface area contributed by atoms with Crippen molar-refractivity contribution in [2.45, 2.75) is 6.10 Å². The predicted octanol–water partition coefficient (Wildman–Crippen LogP) is 3.25. The van der Waals surface area contributed by atoms with Crippen molar-refractivity contribution in [1.82, 2.24) is 0 Å². The van der Waals surface area contributed by atoms with E-state index in [4.69, 9.17) is 0 Å². The Kier molecular flexibility index (Phi) is 3.70. The molecule has 0 aromatic heterocycles. The fourth-order valence-corrected chi connectivity index (χ4v) is 1.73. The largest absolute Gasteiger partial charge is 0.380 e. The van der Waals surface area contributed by atoms with E-state index in [1.807, 2.05) is 6.07 Å². The van der Waals surface area contributed by atoms with Crippen molar-refractivity contribution in [3.8, 4) is 0 Å². The van der Waals surface area contributed by atoms with Gasteiger partial charge in [0, 0.05) is 5.56 Å². The van der Waals surface area contributed by atoms with Gasteiger partial charge in [0.2, 0.25) is 0 Å². The number of carbonyl (C=O) groups excluding carboxylic acids is 1. The van der Waals surface area contributed by atoms with Crippen LogP contribution in [0.4, 0.5) is 0 Å². The van der Waals surface area contributed by atoms with Crippen molar-refractivity contribution in [3.05, 3.63) is 77.9 Å². The molecule has 0 radical (unpaired) electrons. The third-order valence-electron chi connectivity index (χ3n) is 2.79. The highest BCUT2D eigenvalue weighted by Gasteiger charge is 2.18. The quantitative estimate of drug-likeness (QED) is 0.830. The van der Waals surface area contributed by atoms with Gasteiger partial charge in [-0.25, -0.2) is 0 Å². The van der Waals surface area contributed by atoms with Crippen molar-refractivity contribution in [2.24, 2.45) is 0 Å². The Morgan fingerprint density at radius 2 is 1.67 bits per heavy atom. The molecule has 0 heterocycles. The molecule has 2 rings (SSSR count). The van der Waals surface area contributed by atoms with Gasteiger partial charge in [0.1, 0.15) is 6.10 Å². The van der Waals surface area contributed by atoms with Crippen LogP contribution >= 0.6 is 0 Å². The molecule has 18 heavy (non-hydrogen) atoms. The number of rotatable bonds is 4. The van der Waals surface area contributed by atoms with Crippen LogP contribution in [0.1, 0.15) is 27.6 Å². The van der Waals surface area contributed by atoms with E-state index < -0.39 is 6.10 Å². The van der Waals surface area contributed by atoms with Crippen LogP contribution in [0.2, 0.25) is 0 Å². The summed E-state index contributed by atoms with van der Waals surface area (Å²) < 4.78 is 0. The molecule has 0 aliphatic rings. The minimum atomic E-state index is -1.11. The van der Waals surface area contributed by atoms with Crippen LogP contribution in [0.5, 0.6) is 0 Å². The first-order valence-electron chi connectivity index (χ1n) is 5.72. The van der Waals surface area contributed by atoms with E-state index in [0.717, 1.165) is 5.56 Å². The summed E-state index contributed by atoms with van der Waals surface area (Å²) >= 11 is 0. The summed E-state index contributed by atoms with van der Waals surface area (Å²) in [5, 5.41) is 10.00. The Morgan fingerprint density at radius 1 is 1.06 bits per heavy atom. The van der Waals surface area contributed by atoms with Gasteiger partial charge in [-0.1, -0.05) is 67.3 Å². The Morgan fingerprint density at radius 3 is 2.22 bits per heavy atom. The van der Waals surface area contributed by atoms with Crippen molar-refractivity contribution < 1.29 is 9.90 Å². The molecule has 2 aromatic rings. The summed E-state index contributed by atoms with van der Waals surface area (Å²) in [7, 11) is 0. The van der Waals surface area contributed by atoms with E-state index in [1.165, 1.54) is 0 Å². The number of ketones is 1. The summed E-state index contributed by atoms with van der Waals surface area (Å²) in [5.74, 6) is -0.295. The van der Waals surface area contributed by atoms with E-state index >= 15 is 0 Å². The normalized spacial score (nSPS) is 11.8. The molecule has 0 bridgehead atoms. The number of carbonyl (C=O) groups is 1. The first-order valence-corrected chi connectivity index (χ1v) is 5.72. The fraction of sp³-hybridized carbons (Fsp3) is 0.0625. The van der Waals surface area contributed by atoms with E-state index in [9.17, 15) is 9.90 Å². The minimum Gasteiger partial charge on any atom is -0.380 e. The predicted molar refractivity (Wildman–Crippen MR) is 72.3 cm³/mol. The average molecular weight is 238 g/mol. The molecule has 0 amide bonds. The third kappa shape index (κ3) is 2.55. The van der Waals surface area contributed by atoms with E-state index in [-0.39, 0.29) is 5.78 Å². The van der Waals surface area contributed by atoms with Crippen LogP contribution < -0.4 is 0 Å². The summed E-state index contributed by atoms with van der Waals surface area (Å²) in [6.07, 6.45) is 0.600. The molecule has 1 atom stereocenters. The number of Topliss-reactive ketones (excluding diaryl/α,β-unsaturated/α-hetero) is 1. The molecule has 0 aliphatic heterocycles. The molecular weight excluding hydrogens is 224 g/mol. The van der Waals surface area contributed by atoms with Gasteiger partial charge in [-0.15, -0.1) is 0 Å². The number of aliphatic hydroxyl groups excluding tert-OH is 1. The maximum Gasteiger partial charge on any atom is 0.195 e. The van der Waals surface area contributed by atoms with Crippen LogP contribution in [-0.4, -0.2) is 10.9 Å². The summed E-state index contributed by atoms with van der Waals surface area (Å²) in [4.78, 5) is 12.1. The second kappa shape index (κ2) is 5.43. The van der Waals surface area contributed by atoms with E-state index in [2.05, 4.69) is 6.58 Å². The van der Waals surface area contributed by atoms with Gasteiger partial charge in [0.15, 0.2) is 5.78 Å². The van der Waals surface area contributed by atoms with E-state index in [1.54, 1.807) is 54.6 Å². The van der Waals surface area contributed by atoms with Crippen molar-refractivity contribution in [1.29, 1.82) is 0 Å². The smallest absolute Gasteiger partial charge is 0.195 e. The van der Waals surface area contributed by atoms with Crippen LogP contribution in [0.15, 0.2) is 61.2 Å². The first kappa shape index (κ1) is 12.3. The molecule has 1 N–H and O–H groups in total. The monoisotopic (exact) mass is 238 g/mol. The molecule has 1 unspecified atom stereocenters.